The quantitative estimate of drug-likeness (QED) is 0.793. The summed E-state index contributed by atoms with van der Waals surface area (Å²) in [5.74, 6) is -0.121. The van der Waals surface area contributed by atoms with Crippen LogP contribution < -0.4 is 5.32 Å². The molecule has 0 saturated carbocycles. The smallest absolute Gasteiger partial charge is 0.242 e. The van der Waals surface area contributed by atoms with Crippen LogP contribution in [0.25, 0.3) is 0 Å². The van der Waals surface area contributed by atoms with Gasteiger partial charge in [-0.05, 0) is 36.5 Å². The molecule has 1 N–H and O–H groups in total. The summed E-state index contributed by atoms with van der Waals surface area (Å²) in [5, 5.41) is 2.69. The molecule has 0 radical (unpaired) electrons. The molecule has 4 nitrogen and oxygen atoms in total. The summed E-state index contributed by atoms with van der Waals surface area (Å²) in [4.78, 5) is 27.1. The van der Waals surface area contributed by atoms with Gasteiger partial charge in [-0.2, -0.15) is 0 Å². The van der Waals surface area contributed by atoms with E-state index in [-0.39, 0.29) is 11.8 Å². The number of benzene rings is 2. The van der Waals surface area contributed by atoms with E-state index in [0.29, 0.717) is 19.4 Å². The third-order valence-corrected chi connectivity index (χ3v) is 4.72. The fraction of sp³-hybridized carbons (Fsp3) is 0.364. The highest BCUT2D eigenvalue weighted by atomic mass is 16.2. The van der Waals surface area contributed by atoms with E-state index in [1.165, 1.54) is 0 Å². The van der Waals surface area contributed by atoms with Crippen LogP contribution in [-0.2, 0) is 22.4 Å². The third-order valence-electron chi connectivity index (χ3n) is 4.72. The van der Waals surface area contributed by atoms with Gasteiger partial charge in [-0.3, -0.25) is 9.59 Å². The molecule has 2 aromatic rings. The van der Waals surface area contributed by atoms with Crippen molar-refractivity contribution in [1.82, 2.24) is 10.2 Å². The van der Waals surface area contributed by atoms with Crippen LogP contribution in [0.2, 0.25) is 0 Å². The Morgan fingerprint density at radius 2 is 1.69 bits per heavy atom. The summed E-state index contributed by atoms with van der Waals surface area (Å²) < 4.78 is 0. The summed E-state index contributed by atoms with van der Waals surface area (Å²) in [6.07, 6.45) is 1.64. The van der Waals surface area contributed by atoms with E-state index >= 15 is 0 Å². The van der Waals surface area contributed by atoms with E-state index in [0.717, 1.165) is 23.1 Å². The second kappa shape index (κ2) is 9.76. The summed E-state index contributed by atoms with van der Waals surface area (Å²) in [6.45, 7) is 4.48. The zero-order valence-corrected chi connectivity index (χ0v) is 15.9. The first-order valence-corrected chi connectivity index (χ1v) is 9.16. The molecular weight excluding hydrogens is 324 g/mol. The molecule has 26 heavy (non-hydrogen) atoms. The lowest BCUT2D eigenvalue weighted by molar-refractivity contribution is -0.140. The molecular formula is C22H28N2O2. The lowest BCUT2D eigenvalue weighted by Gasteiger charge is -2.30. The van der Waals surface area contributed by atoms with E-state index in [1.54, 1.807) is 11.9 Å². The van der Waals surface area contributed by atoms with Gasteiger partial charge in [0.1, 0.15) is 6.04 Å². The van der Waals surface area contributed by atoms with Crippen molar-refractivity contribution in [1.29, 1.82) is 0 Å². The molecule has 2 aromatic carbocycles. The van der Waals surface area contributed by atoms with Gasteiger partial charge in [-0.25, -0.2) is 0 Å². The average Bonchev–Trinajstić information content (AvgIpc) is 2.67. The van der Waals surface area contributed by atoms with Gasteiger partial charge in [0.05, 0.1) is 6.42 Å². The van der Waals surface area contributed by atoms with E-state index in [9.17, 15) is 9.59 Å². The highest BCUT2D eigenvalue weighted by Gasteiger charge is 2.27. The van der Waals surface area contributed by atoms with Gasteiger partial charge >= 0.3 is 0 Å². The zero-order valence-electron chi connectivity index (χ0n) is 15.9. The molecule has 0 bridgehead atoms. The highest BCUT2D eigenvalue weighted by molar-refractivity contribution is 5.88. The first-order chi connectivity index (χ1) is 12.6. The predicted octanol–water partition coefficient (Wildman–Crippen LogP) is 3.13. The molecule has 2 amide bonds. The molecule has 0 aliphatic carbocycles. The topological polar surface area (TPSA) is 49.4 Å². The molecule has 0 aliphatic rings. The Kier molecular flexibility index (Phi) is 7.39. The molecule has 1 atom stereocenters. The number of aryl methyl sites for hydroxylation is 1. The molecule has 0 aliphatic heterocycles. The van der Waals surface area contributed by atoms with Gasteiger partial charge in [0.15, 0.2) is 0 Å². The fourth-order valence-corrected chi connectivity index (χ4v) is 3.14. The Bertz CT molecular complexity index is 728. The minimum atomic E-state index is -0.444. The first kappa shape index (κ1) is 19.7. The summed E-state index contributed by atoms with van der Waals surface area (Å²) in [5.41, 5.74) is 3.26. The Morgan fingerprint density at radius 3 is 2.31 bits per heavy atom. The van der Waals surface area contributed by atoms with Gasteiger partial charge < -0.3 is 10.2 Å². The van der Waals surface area contributed by atoms with Crippen LogP contribution in [0, 0.1) is 6.92 Å². The van der Waals surface area contributed by atoms with Crippen molar-refractivity contribution in [3.8, 4) is 0 Å². The van der Waals surface area contributed by atoms with Gasteiger partial charge in [-0.1, -0.05) is 61.5 Å². The number of nitrogens with zero attached hydrogens (tertiary/aromatic N) is 1. The Balaban J connectivity index is 2.19. The number of carbonyl (C=O) groups is 2. The summed E-state index contributed by atoms with van der Waals surface area (Å²) in [6, 6.07) is 17.5. The van der Waals surface area contributed by atoms with E-state index < -0.39 is 6.04 Å². The van der Waals surface area contributed by atoms with Crippen molar-refractivity contribution in [2.45, 2.75) is 39.2 Å². The van der Waals surface area contributed by atoms with Crippen LogP contribution in [0.4, 0.5) is 0 Å². The van der Waals surface area contributed by atoms with Crippen LogP contribution in [0.15, 0.2) is 54.6 Å². The number of amides is 2. The molecule has 0 unspecified atom stereocenters. The molecule has 138 valence electrons. The zero-order chi connectivity index (χ0) is 18.9. The van der Waals surface area contributed by atoms with Crippen molar-refractivity contribution in [2.24, 2.45) is 0 Å². The second-order valence-corrected chi connectivity index (χ2v) is 6.46. The molecule has 0 spiro atoms. The standard InChI is InChI=1S/C22H28N2O2/c1-4-20(22(26)23-3)24(15-14-18-11-6-5-7-12-18)21(25)16-19-13-9-8-10-17(19)2/h5-13,20H,4,14-16H2,1-3H3,(H,23,26)/t20-/m1/s1. The Labute approximate surface area is 156 Å². The molecule has 0 aromatic heterocycles. The van der Waals surface area contributed by atoms with E-state index in [2.05, 4.69) is 5.32 Å². The van der Waals surface area contributed by atoms with E-state index in [1.807, 2.05) is 68.4 Å². The summed E-state index contributed by atoms with van der Waals surface area (Å²) in [7, 11) is 1.62. The maximum atomic E-state index is 13.1. The van der Waals surface area contributed by atoms with Crippen molar-refractivity contribution < 1.29 is 9.59 Å². The lowest BCUT2D eigenvalue weighted by Crippen LogP contribution is -2.49. The average molecular weight is 352 g/mol. The number of likely N-dealkylation sites (N-methyl/N-ethyl adjacent to an activating group) is 1. The first-order valence-electron chi connectivity index (χ1n) is 9.16. The van der Waals surface area contributed by atoms with Gasteiger partial charge in [-0.15, -0.1) is 0 Å². The number of hydrogen-bond donors (Lipinski definition) is 1. The SMILES string of the molecule is CC[C@H](C(=O)NC)N(CCc1ccccc1)C(=O)Cc1ccccc1C. The van der Waals surface area contributed by atoms with Crippen LogP contribution >= 0.6 is 0 Å². The highest BCUT2D eigenvalue weighted by Crippen LogP contribution is 2.14. The maximum absolute atomic E-state index is 13.1. The molecule has 0 saturated heterocycles. The van der Waals surface area contributed by atoms with E-state index in [4.69, 9.17) is 0 Å². The van der Waals surface area contributed by atoms with Crippen molar-refractivity contribution in [2.75, 3.05) is 13.6 Å². The predicted molar refractivity (Wildman–Crippen MR) is 105 cm³/mol. The molecule has 0 heterocycles. The maximum Gasteiger partial charge on any atom is 0.242 e. The van der Waals surface area contributed by atoms with Crippen LogP contribution in [0.5, 0.6) is 0 Å². The largest absolute Gasteiger partial charge is 0.357 e. The van der Waals surface area contributed by atoms with Gasteiger partial charge in [0.2, 0.25) is 11.8 Å². The minimum Gasteiger partial charge on any atom is -0.357 e. The number of hydrogen-bond acceptors (Lipinski definition) is 2. The Morgan fingerprint density at radius 1 is 1.04 bits per heavy atom. The van der Waals surface area contributed by atoms with Crippen molar-refractivity contribution >= 4 is 11.8 Å². The number of rotatable bonds is 8. The van der Waals surface area contributed by atoms with Crippen molar-refractivity contribution in [3.05, 3.63) is 71.3 Å². The second-order valence-electron chi connectivity index (χ2n) is 6.46. The van der Waals surface area contributed by atoms with Crippen LogP contribution in [0.1, 0.15) is 30.0 Å². The van der Waals surface area contributed by atoms with Crippen LogP contribution in [-0.4, -0.2) is 36.3 Å². The molecule has 2 rings (SSSR count). The number of carbonyl (C=O) groups excluding carboxylic acids is 2. The Hall–Kier alpha value is -2.62. The van der Waals surface area contributed by atoms with Crippen LogP contribution in [0.3, 0.4) is 0 Å². The summed E-state index contributed by atoms with van der Waals surface area (Å²) >= 11 is 0. The lowest BCUT2D eigenvalue weighted by atomic mass is 10.0. The third kappa shape index (κ3) is 5.19. The molecule has 0 fully saturated rings. The van der Waals surface area contributed by atoms with Crippen molar-refractivity contribution in [3.63, 3.8) is 0 Å². The minimum absolute atomic E-state index is 0.00863. The molecule has 4 heteroatoms. The number of nitrogens with one attached hydrogen (secondary N) is 1. The fourth-order valence-electron chi connectivity index (χ4n) is 3.14. The van der Waals surface area contributed by atoms with Gasteiger partial charge in [0, 0.05) is 13.6 Å². The van der Waals surface area contributed by atoms with Gasteiger partial charge in [0.25, 0.3) is 0 Å². The monoisotopic (exact) mass is 352 g/mol. The normalized spacial score (nSPS) is 11.7.